The highest BCUT2D eigenvalue weighted by Gasteiger charge is 2.19. The van der Waals surface area contributed by atoms with Crippen LogP contribution in [0.5, 0.6) is 0 Å². The molecule has 1 aromatic carbocycles. The van der Waals surface area contributed by atoms with Crippen LogP contribution in [0.3, 0.4) is 0 Å². The summed E-state index contributed by atoms with van der Waals surface area (Å²) in [5, 5.41) is 0.371. The Kier molecular flexibility index (Phi) is 3.68. The van der Waals surface area contributed by atoms with Crippen LogP contribution in [-0.2, 0) is 0 Å². The van der Waals surface area contributed by atoms with E-state index in [1.54, 1.807) is 30.5 Å². The predicted octanol–water partition coefficient (Wildman–Crippen LogP) is 5.64. The topological polar surface area (TPSA) is 45.9 Å². The van der Waals surface area contributed by atoms with Crippen molar-refractivity contribution in [3.63, 3.8) is 0 Å². The van der Waals surface area contributed by atoms with Gasteiger partial charge in [-0.2, -0.15) is 0 Å². The molecule has 120 valence electrons. The molecule has 1 N–H and O–H groups in total. The molecule has 0 radical (unpaired) electrons. The predicted molar refractivity (Wildman–Crippen MR) is 96.0 cm³/mol. The molecular formula is C19H10ClFN4. The third kappa shape index (κ3) is 2.73. The van der Waals surface area contributed by atoms with Gasteiger partial charge in [0, 0.05) is 11.8 Å². The molecule has 0 bridgehead atoms. The van der Waals surface area contributed by atoms with Gasteiger partial charge in [0.25, 0.3) is 5.82 Å². The number of benzene rings is 1. The minimum atomic E-state index is -0.313. The molecule has 0 aliphatic heterocycles. The van der Waals surface area contributed by atoms with Crippen molar-refractivity contribution in [1.29, 1.82) is 0 Å². The average molecular weight is 349 g/mol. The summed E-state index contributed by atoms with van der Waals surface area (Å²) in [6, 6.07) is 13.2. The highest BCUT2D eigenvalue weighted by molar-refractivity contribution is 6.29. The molecule has 0 saturated heterocycles. The Morgan fingerprint density at radius 2 is 1.84 bits per heavy atom. The quantitative estimate of drug-likeness (QED) is 0.376. The highest BCUT2D eigenvalue weighted by Crippen LogP contribution is 2.38. The van der Waals surface area contributed by atoms with Crippen LogP contribution in [0.2, 0.25) is 5.15 Å². The molecule has 0 saturated carbocycles. The first kappa shape index (κ1) is 15.3. The van der Waals surface area contributed by atoms with Gasteiger partial charge in [0.2, 0.25) is 0 Å². The maximum Gasteiger partial charge on any atom is 0.270 e. The molecule has 0 spiro atoms. The maximum atomic E-state index is 13.3. The normalized spacial score (nSPS) is 10.8. The van der Waals surface area contributed by atoms with Crippen molar-refractivity contribution in [3.05, 3.63) is 77.1 Å². The van der Waals surface area contributed by atoms with Crippen molar-refractivity contribution in [2.24, 2.45) is 0 Å². The van der Waals surface area contributed by atoms with Gasteiger partial charge in [-0.15, -0.1) is 4.98 Å². The lowest BCUT2D eigenvalue weighted by atomic mass is 10.0. The summed E-state index contributed by atoms with van der Waals surface area (Å²) in [7, 11) is 0. The maximum absolute atomic E-state index is 13.3. The first-order valence-corrected chi connectivity index (χ1v) is 7.81. The summed E-state index contributed by atoms with van der Waals surface area (Å²) in [4.78, 5) is 15.2. The number of hydrogen-bond acceptors (Lipinski definition) is 2. The Hall–Kier alpha value is -3.23. The van der Waals surface area contributed by atoms with Crippen LogP contribution in [0.1, 0.15) is 0 Å². The van der Waals surface area contributed by atoms with Crippen molar-refractivity contribution in [2.45, 2.75) is 0 Å². The smallest absolute Gasteiger partial charge is 0.270 e. The summed E-state index contributed by atoms with van der Waals surface area (Å²) in [5.41, 5.74) is 4.66. The number of nitrogens with one attached hydrogen (secondary N) is 1. The van der Waals surface area contributed by atoms with Crippen molar-refractivity contribution in [1.82, 2.24) is 15.0 Å². The van der Waals surface area contributed by atoms with Crippen LogP contribution in [0.15, 0.2) is 54.7 Å². The summed E-state index contributed by atoms with van der Waals surface area (Å²) in [6.45, 7) is 7.20. The first-order valence-electron chi connectivity index (χ1n) is 7.44. The van der Waals surface area contributed by atoms with E-state index in [-0.39, 0.29) is 5.82 Å². The molecule has 3 aromatic heterocycles. The third-order valence-corrected chi connectivity index (χ3v) is 4.10. The van der Waals surface area contributed by atoms with E-state index in [2.05, 4.69) is 19.8 Å². The molecule has 0 atom stereocenters. The van der Waals surface area contributed by atoms with E-state index in [4.69, 9.17) is 18.2 Å². The van der Waals surface area contributed by atoms with E-state index in [0.717, 1.165) is 27.9 Å². The zero-order valence-corrected chi connectivity index (χ0v) is 13.5. The van der Waals surface area contributed by atoms with Gasteiger partial charge in [-0.1, -0.05) is 30.3 Å². The van der Waals surface area contributed by atoms with E-state index in [9.17, 15) is 4.39 Å². The van der Waals surface area contributed by atoms with E-state index in [1.807, 2.05) is 12.1 Å². The average Bonchev–Trinajstić information content (AvgIpc) is 3.01. The zero-order chi connectivity index (χ0) is 17.4. The molecule has 0 aliphatic carbocycles. The highest BCUT2D eigenvalue weighted by atomic mass is 35.5. The number of aromatic nitrogens is 3. The second-order valence-electron chi connectivity index (χ2n) is 5.43. The van der Waals surface area contributed by atoms with Gasteiger partial charge in [-0.05, 0) is 42.0 Å². The van der Waals surface area contributed by atoms with Gasteiger partial charge in [0.1, 0.15) is 11.0 Å². The second kappa shape index (κ2) is 6.00. The first-order chi connectivity index (χ1) is 12.2. The molecule has 4 rings (SSSR count). The number of nitrogens with zero attached hydrogens (tertiary/aromatic N) is 3. The Balaban J connectivity index is 2.06. The zero-order valence-electron chi connectivity index (χ0n) is 12.8. The number of H-pyrrole nitrogens is 1. The SMILES string of the molecule is [C-]#[N+]c1ccc2[nH]c(-c3ccnc(Cl)c3)c(-c3ccc(F)cc3)c2n1. The molecule has 4 aromatic rings. The number of pyridine rings is 2. The number of fused-ring (bicyclic) bond motifs is 1. The van der Waals surface area contributed by atoms with Gasteiger partial charge >= 0.3 is 0 Å². The third-order valence-electron chi connectivity index (χ3n) is 3.89. The Bertz CT molecular complexity index is 1130. The molecule has 0 amide bonds. The summed E-state index contributed by atoms with van der Waals surface area (Å²) >= 11 is 6.03. The molecule has 0 fully saturated rings. The molecule has 3 heterocycles. The standard InChI is InChI=1S/C19H10ClFN4/c1-22-16-7-6-14-19(25-16)17(11-2-4-13(21)5-3-11)18(24-14)12-8-9-23-15(20)10-12/h2-10,24H. The summed E-state index contributed by atoms with van der Waals surface area (Å²) in [6.07, 6.45) is 1.62. The van der Waals surface area contributed by atoms with Crippen molar-refractivity contribution in [3.8, 4) is 22.4 Å². The Labute approximate surface area is 147 Å². The van der Waals surface area contributed by atoms with E-state index < -0.39 is 0 Å². The number of hydrogen-bond donors (Lipinski definition) is 1. The minimum Gasteiger partial charge on any atom is -0.361 e. The monoisotopic (exact) mass is 348 g/mol. The molecule has 0 unspecified atom stereocenters. The fourth-order valence-electron chi connectivity index (χ4n) is 2.79. The van der Waals surface area contributed by atoms with Crippen LogP contribution < -0.4 is 0 Å². The van der Waals surface area contributed by atoms with Gasteiger partial charge in [-0.3, -0.25) is 0 Å². The largest absolute Gasteiger partial charge is 0.361 e. The Morgan fingerprint density at radius 1 is 1.04 bits per heavy atom. The van der Waals surface area contributed by atoms with E-state index in [0.29, 0.717) is 16.5 Å². The molecule has 0 aliphatic rings. The van der Waals surface area contributed by atoms with Gasteiger partial charge in [0.05, 0.1) is 16.8 Å². The second-order valence-corrected chi connectivity index (χ2v) is 5.81. The summed E-state index contributed by atoms with van der Waals surface area (Å²) in [5.74, 6) is -0.0129. The Morgan fingerprint density at radius 3 is 2.56 bits per heavy atom. The lowest BCUT2D eigenvalue weighted by molar-refractivity contribution is 0.628. The fourth-order valence-corrected chi connectivity index (χ4v) is 2.96. The molecular weight excluding hydrogens is 339 g/mol. The molecule has 25 heavy (non-hydrogen) atoms. The van der Waals surface area contributed by atoms with E-state index >= 15 is 0 Å². The van der Waals surface area contributed by atoms with E-state index in [1.165, 1.54) is 12.1 Å². The van der Waals surface area contributed by atoms with Gasteiger partial charge in [0.15, 0.2) is 5.52 Å². The van der Waals surface area contributed by atoms with Crippen LogP contribution in [0, 0.1) is 12.4 Å². The van der Waals surface area contributed by atoms with Gasteiger partial charge < -0.3 is 9.83 Å². The minimum absolute atomic E-state index is 0.300. The number of halogens is 2. The fraction of sp³-hybridized carbons (Fsp3) is 0. The molecule has 6 heteroatoms. The summed E-state index contributed by atoms with van der Waals surface area (Å²) < 4.78 is 13.3. The van der Waals surface area contributed by atoms with Crippen LogP contribution in [0.25, 0.3) is 38.3 Å². The van der Waals surface area contributed by atoms with Crippen molar-refractivity contribution >= 4 is 28.5 Å². The van der Waals surface area contributed by atoms with Crippen molar-refractivity contribution < 1.29 is 4.39 Å². The van der Waals surface area contributed by atoms with Crippen molar-refractivity contribution in [2.75, 3.05) is 0 Å². The lowest BCUT2D eigenvalue weighted by Crippen LogP contribution is -1.85. The van der Waals surface area contributed by atoms with Crippen LogP contribution in [0.4, 0.5) is 10.2 Å². The molecule has 4 nitrogen and oxygen atoms in total. The van der Waals surface area contributed by atoms with Gasteiger partial charge in [-0.25, -0.2) is 9.37 Å². The number of rotatable bonds is 2. The number of aromatic amines is 1. The van der Waals surface area contributed by atoms with Crippen LogP contribution >= 0.6 is 11.6 Å². The lowest BCUT2D eigenvalue weighted by Gasteiger charge is -2.04. The van der Waals surface area contributed by atoms with Crippen LogP contribution in [-0.4, -0.2) is 15.0 Å².